The maximum Gasteiger partial charge on any atom is 0.188 e. The second-order valence-corrected chi connectivity index (χ2v) is 6.44. The molecule has 1 unspecified atom stereocenters. The Kier molecular flexibility index (Phi) is 9.64. The van der Waals surface area contributed by atoms with Crippen molar-refractivity contribution in [3.63, 3.8) is 0 Å². The molecule has 120 valence electrons. The molecular formula is C16H35N3O. The normalized spacial score (nSPS) is 14.7. The van der Waals surface area contributed by atoms with E-state index in [9.17, 15) is 5.11 Å². The Morgan fingerprint density at radius 3 is 2.25 bits per heavy atom. The number of guanidine groups is 1. The Hall–Kier alpha value is -0.770. The molecule has 0 aliphatic rings. The minimum absolute atomic E-state index is 0.118. The van der Waals surface area contributed by atoms with Gasteiger partial charge < -0.3 is 16.2 Å². The molecule has 0 aromatic heterocycles. The monoisotopic (exact) mass is 285 g/mol. The van der Waals surface area contributed by atoms with Gasteiger partial charge in [0, 0.05) is 11.5 Å². The average Bonchev–Trinajstić information content (AvgIpc) is 2.40. The number of hydrogen-bond donors (Lipinski definition) is 3. The quantitative estimate of drug-likeness (QED) is 0.427. The van der Waals surface area contributed by atoms with Gasteiger partial charge in [0.25, 0.3) is 0 Å². The van der Waals surface area contributed by atoms with E-state index in [1.165, 1.54) is 12.8 Å². The van der Waals surface area contributed by atoms with Crippen molar-refractivity contribution in [3.05, 3.63) is 0 Å². The summed E-state index contributed by atoms with van der Waals surface area (Å²) in [5.41, 5.74) is 5.82. The smallest absolute Gasteiger partial charge is 0.188 e. The van der Waals surface area contributed by atoms with Crippen LogP contribution in [0.1, 0.15) is 66.7 Å². The molecule has 0 saturated heterocycles. The standard InChI is InChI=1S/C16H35N3O/c1-6-16(7-2,12-20)11-18-15(17)19-14(5)10-8-9-13(3)4/h13-14,20H,6-12H2,1-5H3,(H3,17,18,19). The molecule has 0 rings (SSSR count). The van der Waals surface area contributed by atoms with Gasteiger partial charge in [-0.25, -0.2) is 0 Å². The Bertz CT molecular complexity index is 265. The summed E-state index contributed by atoms with van der Waals surface area (Å²) >= 11 is 0. The van der Waals surface area contributed by atoms with Crippen molar-refractivity contribution in [1.82, 2.24) is 5.32 Å². The van der Waals surface area contributed by atoms with Gasteiger partial charge in [0.05, 0.1) is 13.2 Å². The van der Waals surface area contributed by atoms with Gasteiger partial charge in [-0.1, -0.05) is 40.5 Å². The predicted molar refractivity (Wildman–Crippen MR) is 87.9 cm³/mol. The minimum atomic E-state index is -0.118. The molecule has 0 radical (unpaired) electrons. The second-order valence-electron chi connectivity index (χ2n) is 6.44. The lowest BCUT2D eigenvalue weighted by Crippen LogP contribution is -2.39. The second kappa shape index (κ2) is 10.0. The van der Waals surface area contributed by atoms with Gasteiger partial charge in [-0.15, -0.1) is 0 Å². The highest BCUT2D eigenvalue weighted by Crippen LogP contribution is 2.25. The maximum absolute atomic E-state index is 9.51. The minimum Gasteiger partial charge on any atom is -0.396 e. The van der Waals surface area contributed by atoms with Crippen molar-refractivity contribution < 1.29 is 5.11 Å². The lowest BCUT2D eigenvalue weighted by molar-refractivity contribution is 0.123. The van der Waals surface area contributed by atoms with Crippen LogP contribution in [-0.4, -0.2) is 30.3 Å². The van der Waals surface area contributed by atoms with Gasteiger partial charge in [0.2, 0.25) is 0 Å². The Morgan fingerprint density at radius 2 is 1.80 bits per heavy atom. The number of rotatable bonds is 10. The number of aliphatic hydroxyl groups excluding tert-OH is 1. The number of hydrogen-bond acceptors (Lipinski definition) is 2. The number of nitrogens with one attached hydrogen (secondary N) is 1. The summed E-state index contributed by atoms with van der Waals surface area (Å²) < 4.78 is 0. The molecule has 20 heavy (non-hydrogen) atoms. The van der Waals surface area contributed by atoms with E-state index in [-0.39, 0.29) is 12.0 Å². The first-order valence-electron chi connectivity index (χ1n) is 8.06. The van der Waals surface area contributed by atoms with E-state index in [1.807, 2.05) is 0 Å². The van der Waals surface area contributed by atoms with E-state index in [0.29, 0.717) is 18.5 Å². The first-order chi connectivity index (χ1) is 9.39. The van der Waals surface area contributed by atoms with Crippen molar-refractivity contribution in [2.45, 2.75) is 72.8 Å². The summed E-state index contributed by atoms with van der Waals surface area (Å²) in [6.07, 6.45) is 5.41. The molecule has 0 saturated carbocycles. The molecule has 4 N–H and O–H groups in total. The van der Waals surface area contributed by atoms with Crippen LogP contribution in [0.5, 0.6) is 0 Å². The van der Waals surface area contributed by atoms with E-state index in [4.69, 9.17) is 5.73 Å². The topological polar surface area (TPSA) is 70.6 Å². The fourth-order valence-electron chi connectivity index (χ4n) is 2.20. The first kappa shape index (κ1) is 19.2. The number of nitrogens with two attached hydrogens (primary N) is 1. The molecule has 0 fully saturated rings. The van der Waals surface area contributed by atoms with Gasteiger partial charge in [0.1, 0.15) is 0 Å². The third kappa shape index (κ3) is 7.73. The first-order valence-corrected chi connectivity index (χ1v) is 8.06. The highest BCUT2D eigenvalue weighted by atomic mass is 16.3. The summed E-state index contributed by atoms with van der Waals surface area (Å²) in [5.74, 6) is 1.26. The molecule has 4 heteroatoms. The Morgan fingerprint density at radius 1 is 1.20 bits per heavy atom. The molecule has 0 amide bonds. The Balaban J connectivity index is 4.17. The maximum atomic E-state index is 9.51. The van der Waals surface area contributed by atoms with E-state index in [1.54, 1.807) is 0 Å². The summed E-state index contributed by atoms with van der Waals surface area (Å²) in [4.78, 5) is 4.42. The lowest BCUT2D eigenvalue weighted by atomic mass is 9.83. The van der Waals surface area contributed by atoms with Crippen molar-refractivity contribution in [3.8, 4) is 0 Å². The molecule has 0 aliphatic heterocycles. The third-order valence-electron chi connectivity index (χ3n) is 4.23. The van der Waals surface area contributed by atoms with Crippen LogP contribution < -0.4 is 11.1 Å². The van der Waals surface area contributed by atoms with E-state index in [2.05, 4.69) is 44.9 Å². The van der Waals surface area contributed by atoms with Crippen molar-refractivity contribution in [2.24, 2.45) is 22.1 Å². The van der Waals surface area contributed by atoms with Gasteiger partial charge in [0.15, 0.2) is 5.96 Å². The molecule has 0 aromatic rings. The van der Waals surface area contributed by atoms with Crippen molar-refractivity contribution >= 4 is 5.96 Å². The van der Waals surface area contributed by atoms with Crippen LogP contribution in [0.2, 0.25) is 0 Å². The summed E-state index contributed by atoms with van der Waals surface area (Å²) in [6.45, 7) is 11.6. The van der Waals surface area contributed by atoms with Crippen molar-refractivity contribution in [2.75, 3.05) is 13.2 Å². The summed E-state index contributed by atoms with van der Waals surface area (Å²) in [5, 5.41) is 12.8. The fraction of sp³-hybridized carbons (Fsp3) is 0.938. The molecule has 0 spiro atoms. The fourth-order valence-corrected chi connectivity index (χ4v) is 2.20. The van der Waals surface area contributed by atoms with Gasteiger partial charge in [-0.05, 0) is 32.1 Å². The summed E-state index contributed by atoms with van der Waals surface area (Å²) in [6, 6.07) is 0.351. The molecular weight excluding hydrogens is 250 g/mol. The molecule has 0 aromatic carbocycles. The molecule has 0 aliphatic carbocycles. The third-order valence-corrected chi connectivity index (χ3v) is 4.23. The molecule has 0 heterocycles. The van der Waals surface area contributed by atoms with Crippen LogP contribution in [0.15, 0.2) is 4.99 Å². The van der Waals surface area contributed by atoms with Crippen molar-refractivity contribution in [1.29, 1.82) is 0 Å². The summed E-state index contributed by atoms with van der Waals surface area (Å²) in [7, 11) is 0. The zero-order chi connectivity index (χ0) is 15.6. The number of nitrogens with zero attached hydrogens (tertiary/aromatic N) is 1. The molecule has 1 atom stereocenters. The van der Waals surface area contributed by atoms with Crippen LogP contribution in [0.25, 0.3) is 0 Å². The molecule has 0 bridgehead atoms. The van der Waals surface area contributed by atoms with Gasteiger partial charge in [-0.3, -0.25) is 4.99 Å². The lowest BCUT2D eigenvalue weighted by Gasteiger charge is -2.27. The van der Waals surface area contributed by atoms with E-state index in [0.717, 1.165) is 25.2 Å². The highest BCUT2D eigenvalue weighted by Gasteiger charge is 2.24. The van der Waals surface area contributed by atoms with Crippen LogP contribution in [0, 0.1) is 11.3 Å². The van der Waals surface area contributed by atoms with Crippen LogP contribution in [0.4, 0.5) is 0 Å². The largest absolute Gasteiger partial charge is 0.396 e. The molecule has 4 nitrogen and oxygen atoms in total. The number of aliphatic hydroxyl groups is 1. The van der Waals surface area contributed by atoms with Crippen LogP contribution in [0.3, 0.4) is 0 Å². The van der Waals surface area contributed by atoms with Crippen LogP contribution >= 0.6 is 0 Å². The van der Waals surface area contributed by atoms with Gasteiger partial charge in [-0.2, -0.15) is 0 Å². The predicted octanol–water partition coefficient (Wildman–Crippen LogP) is 2.90. The highest BCUT2D eigenvalue weighted by molar-refractivity contribution is 5.78. The SMILES string of the molecule is CCC(CC)(CO)CN=C(N)NC(C)CCCC(C)C. The van der Waals surface area contributed by atoms with E-state index >= 15 is 0 Å². The zero-order valence-electron chi connectivity index (χ0n) is 14.1. The van der Waals surface area contributed by atoms with Gasteiger partial charge >= 0.3 is 0 Å². The van der Waals surface area contributed by atoms with Crippen LogP contribution in [-0.2, 0) is 0 Å². The van der Waals surface area contributed by atoms with E-state index < -0.39 is 0 Å². The number of aliphatic imine (C=N–C) groups is 1. The Labute approximate surface area is 125 Å². The zero-order valence-corrected chi connectivity index (χ0v) is 14.1. The average molecular weight is 285 g/mol.